The highest BCUT2D eigenvalue weighted by molar-refractivity contribution is 8.14. The lowest BCUT2D eigenvalue weighted by Gasteiger charge is -2.24. The average molecular weight is 680 g/mol. The number of aliphatic hydroxyl groups is 2. The lowest BCUT2D eigenvalue weighted by molar-refractivity contribution is -0.118. The number of nitrogens with two attached hydrogens (primary N) is 1. The molecule has 3 rings (SSSR count). The molecular formula is C26H37FN5O9PS2. The molecule has 1 saturated heterocycles. The summed E-state index contributed by atoms with van der Waals surface area (Å²) < 4.78 is 67.9. The van der Waals surface area contributed by atoms with E-state index in [-0.39, 0.29) is 33.1 Å². The first kappa shape index (κ1) is 33.2. The maximum Gasteiger partial charge on any atom is 0.474 e. The molecule has 0 aliphatic carbocycles. The Hall–Kier alpha value is -2.13. The molecule has 44 heavy (non-hydrogen) atoms. The first-order chi connectivity index (χ1) is 21.1. The van der Waals surface area contributed by atoms with Crippen molar-refractivity contribution in [3.63, 3.8) is 0 Å². The number of carbonyl (C=O) groups is 2. The Morgan fingerprint density at radius 3 is 2.23 bits per heavy atom. The zero-order valence-corrected chi connectivity index (χ0v) is 27.5. The molecule has 4 N–H and O–H groups in total. The van der Waals surface area contributed by atoms with E-state index in [4.69, 9.17) is 26.8 Å². The number of halogens is 1. The molecule has 1 aliphatic heterocycles. The Kier molecular flexibility index (Phi) is 10.7. The number of fused-ring (bicyclic) bond motifs is 1. The number of aliphatic hydroxyl groups excluding tert-OH is 2. The topological polar surface area (TPSA) is 209 Å². The van der Waals surface area contributed by atoms with Crippen LogP contribution >= 0.6 is 31.3 Å². The molecule has 0 unspecified atom stereocenters. The first-order valence-corrected chi connectivity index (χ1v) is 16.7. The van der Waals surface area contributed by atoms with Gasteiger partial charge in [-0.25, -0.2) is 18.5 Å². The van der Waals surface area contributed by atoms with Gasteiger partial charge in [0.15, 0.2) is 21.9 Å². The van der Waals surface area contributed by atoms with Gasteiger partial charge in [0.2, 0.25) is 5.60 Å². The van der Waals surface area contributed by atoms with Crippen molar-refractivity contribution in [1.29, 1.82) is 5.26 Å². The molecule has 2 aromatic heterocycles. The largest absolute Gasteiger partial charge is 0.474 e. The van der Waals surface area contributed by atoms with Gasteiger partial charge in [-0.3, -0.25) is 23.2 Å². The quantitative estimate of drug-likeness (QED) is 0.218. The number of nitrogens with zero attached hydrogens (tertiary/aromatic N) is 4. The van der Waals surface area contributed by atoms with Crippen LogP contribution in [0.15, 0.2) is 12.4 Å². The summed E-state index contributed by atoms with van der Waals surface area (Å²) in [6.45, 7) is 6.18. The standard InChI is InChI=1S/C26H37FN5O9PS2/c1-24(2,3)22(35)43-9-7-38-42(37,39-8-10-44-23(36)25(4,5)6)40-12-16-19(33)20(34)26(13-28,41-16)17-11-15(27)18-21(29)30-14-31-32(17)18/h11,14,16,19-20,33-34H,7-10,12H2,1-6H3,(H2,29,30,31)/t16-,19-,20-,26+/m1/s1/i12D2. The smallest absolute Gasteiger partial charge is 0.387 e. The summed E-state index contributed by atoms with van der Waals surface area (Å²) in [5.41, 5.74) is 0.954. The highest BCUT2D eigenvalue weighted by atomic mass is 32.2. The minimum absolute atomic E-state index is 0.0102. The Bertz CT molecular complexity index is 1510. The second-order valence-corrected chi connectivity index (χ2v) is 15.4. The SMILES string of the molecule is [2H]C([2H])(OP(=O)(OCCSC(=O)C(C)(C)C)OCCSC(=O)C(C)(C)C)[C@H]1O[C@@](C#N)(c2cc(F)c3c(N)ncnn23)[C@H](O)[C@@H]1O. The molecule has 0 aromatic carbocycles. The monoisotopic (exact) mass is 679 g/mol. The Morgan fingerprint density at radius 1 is 1.18 bits per heavy atom. The molecular weight excluding hydrogens is 640 g/mol. The number of hydrogen-bond donors (Lipinski definition) is 3. The van der Waals surface area contributed by atoms with E-state index in [1.807, 2.05) is 0 Å². The van der Waals surface area contributed by atoms with Crippen LogP contribution in [0.4, 0.5) is 10.2 Å². The van der Waals surface area contributed by atoms with Crippen LogP contribution in [0.1, 0.15) is 50.0 Å². The summed E-state index contributed by atoms with van der Waals surface area (Å²) in [6.07, 6.45) is -5.67. The van der Waals surface area contributed by atoms with Gasteiger partial charge in [0, 0.05) is 28.4 Å². The average Bonchev–Trinajstić information content (AvgIpc) is 3.42. The van der Waals surface area contributed by atoms with Crippen LogP contribution in [0.2, 0.25) is 0 Å². The van der Waals surface area contributed by atoms with E-state index in [2.05, 4.69) is 10.1 Å². The summed E-state index contributed by atoms with van der Waals surface area (Å²) in [7, 11) is -4.89. The molecule has 0 spiro atoms. The zero-order chi connectivity index (χ0) is 34.9. The van der Waals surface area contributed by atoms with Gasteiger partial charge in [-0.1, -0.05) is 65.1 Å². The lowest BCUT2D eigenvalue weighted by atomic mass is 9.92. The number of aromatic nitrogens is 3. The normalized spacial score (nSPS) is 23.8. The highest BCUT2D eigenvalue weighted by Crippen LogP contribution is 2.51. The van der Waals surface area contributed by atoms with Crippen LogP contribution in [-0.2, 0) is 38.1 Å². The van der Waals surface area contributed by atoms with Crippen molar-refractivity contribution in [3.05, 3.63) is 23.9 Å². The fraction of sp³-hybridized carbons (Fsp3) is 0.654. The molecule has 0 amide bonds. The van der Waals surface area contributed by atoms with Crippen molar-refractivity contribution in [2.24, 2.45) is 10.8 Å². The van der Waals surface area contributed by atoms with Gasteiger partial charge >= 0.3 is 7.82 Å². The van der Waals surface area contributed by atoms with Crippen molar-refractivity contribution >= 4 is 52.9 Å². The lowest BCUT2D eigenvalue weighted by Crippen LogP contribution is -2.41. The van der Waals surface area contributed by atoms with Gasteiger partial charge < -0.3 is 20.7 Å². The van der Waals surface area contributed by atoms with Crippen LogP contribution < -0.4 is 5.73 Å². The molecule has 244 valence electrons. The van der Waals surface area contributed by atoms with E-state index in [1.54, 1.807) is 47.6 Å². The molecule has 3 heterocycles. The van der Waals surface area contributed by atoms with Crippen molar-refractivity contribution in [2.45, 2.75) is 65.5 Å². The summed E-state index contributed by atoms with van der Waals surface area (Å²) in [4.78, 5) is 28.2. The van der Waals surface area contributed by atoms with Gasteiger partial charge in [-0.2, -0.15) is 10.4 Å². The van der Waals surface area contributed by atoms with Crippen molar-refractivity contribution in [3.8, 4) is 6.07 Å². The predicted molar refractivity (Wildman–Crippen MR) is 161 cm³/mol. The Morgan fingerprint density at radius 2 is 1.73 bits per heavy atom. The summed E-state index contributed by atoms with van der Waals surface area (Å²) in [5, 5.41) is 35.5. The van der Waals surface area contributed by atoms with Crippen LogP contribution in [-0.4, -0.2) is 84.6 Å². The number of phosphoric acid groups is 1. The number of phosphoric ester groups is 1. The summed E-state index contributed by atoms with van der Waals surface area (Å²) >= 11 is 1.77. The van der Waals surface area contributed by atoms with Gasteiger partial charge in [-0.15, -0.1) is 0 Å². The molecule has 2 aromatic rings. The van der Waals surface area contributed by atoms with Gasteiger partial charge in [0.05, 0.1) is 28.2 Å². The molecule has 0 bridgehead atoms. The number of thioether (sulfide) groups is 2. The molecule has 1 aliphatic rings. The number of anilines is 1. The fourth-order valence-electron chi connectivity index (χ4n) is 3.69. The molecule has 1 fully saturated rings. The van der Waals surface area contributed by atoms with Crippen LogP contribution in [0, 0.1) is 28.0 Å². The number of nitrogen functional groups attached to an aromatic ring is 1. The second-order valence-electron chi connectivity index (χ2n) is 11.7. The van der Waals surface area contributed by atoms with E-state index in [0.29, 0.717) is 0 Å². The highest BCUT2D eigenvalue weighted by Gasteiger charge is 2.58. The van der Waals surface area contributed by atoms with Gasteiger partial charge in [0.25, 0.3) is 0 Å². The molecule has 18 heteroatoms. The van der Waals surface area contributed by atoms with Crippen molar-refractivity contribution in [1.82, 2.24) is 14.6 Å². The van der Waals surface area contributed by atoms with Crippen molar-refractivity contribution in [2.75, 3.05) is 37.0 Å². The third-order valence-electron chi connectivity index (χ3n) is 6.08. The number of carbonyl (C=O) groups excluding carboxylic acids is 2. The summed E-state index contributed by atoms with van der Waals surface area (Å²) in [6, 6.07) is 2.42. The number of ether oxygens (including phenoxy) is 1. The number of nitriles is 1. The second kappa shape index (κ2) is 14.1. The Balaban J connectivity index is 1.86. The van der Waals surface area contributed by atoms with Gasteiger partial charge in [-0.05, 0) is 0 Å². The number of rotatable bonds is 12. The minimum atomic E-state index is -4.89. The van der Waals surface area contributed by atoms with E-state index in [0.717, 1.165) is 40.4 Å². The molecule has 4 atom stereocenters. The maximum atomic E-state index is 14.8. The van der Waals surface area contributed by atoms with E-state index in [1.165, 1.54) is 0 Å². The van der Waals surface area contributed by atoms with Crippen LogP contribution in [0.3, 0.4) is 0 Å². The van der Waals surface area contributed by atoms with Gasteiger partial charge in [0.1, 0.15) is 36.2 Å². The Labute approximate surface area is 265 Å². The maximum absolute atomic E-state index is 14.8. The fourth-order valence-corrected chi connectivity index (χ4v) is 6.55. The van der Waals surface area contributed by atoms with Crippen LogP contribution in [0.5, 0.6) is 0 Å². The van der Waals surface area contributed by atoms with Crippen LogP contribution in [0.25, 0.3) is 5.52 Å². The van der Waals surface area contributed by atoms with E-state index < -0.39 is 73.8 Å². The molecule has 14 nitrogen and oxygen atoms in total. The van der Waals surface area contributed by atoms with E-state index >= 15 is 0 Å². The first-order valence-electron chi connectivity index (χ1n) is 14.3. The third-order valence-corrected chi connectivity index (χ3v) is 9.90. The number of hydrogen-bond acceptors (Lipinski definition) is 15. The predicted octanol–water partition coefficient (Wildman–Crippen LogP) is 3.06. The van der Waals surface area contributed by atoms with E-state index in [9.17, 15) is 34.0 Å². The third kappa shape index (κ3) is 8.17. The zero-order valence-electron chi connectivity index (χ0n) is 27.0. The summed E-state index contributed by atoms with van der Waals surface area (Å²) in [5.74, 6) is -1.32. The van der Waals surface area contributed by atoms with Crippen molar-refractivity contribution < 1.29 is 49.8 Å². The minimum Gasteiger partial charge on any atom is -0.387 e. The molecule has 0 saturated carbocycles. The molecule has 0 radical (unpaired) electrons.